The fourth-order valence-electron chi connectivity index (χ4n) is 3.06. The summed E-state index contributed by atoms with van der Waals surface area (Å²) in [6.07, 6.45) is 0. The van der Waals surface area contributed by atoms with Crippen molar-refractivity contribution in [1.29, 1.82) is 0 Å². The molecule has 0 fully saturated rings. The summed E-state index contributed by atoms with van der Waals surface area (Å²) in [5, 5.41) is 2.81. The molecule has 178 valence electrons. The molecule has 0 bridgehead atoms. The molecular weight excluding hydrogens is 544 g/mol. The smallest absolute Gasteiger partial charge is 0.339 e. The van der Waals surface area contributed by atoms with E-state index in [0.717, 1.165) is 14.3 Å². The van der Waals surface area contributed by atoms with E-state index in [0.29, 0.717) is 5.69 Å². The number of hydrogen-bond donors (Lipinski definition) is 1. The minimum absolute atomic E-state index is 0.0601. The number of sulfonamides is 1. The van der Waals surface area contributed by atoms with Crippen molar-refractivity contribution in [2.75, 3.05) is 22.8 Å². The molecule has 0 aliphatic heterocycles. The summed E-state index contributed by atoms with van der Waals surface area (Å²) in [4.78, 5) is 25.1. The molecule has 0 saturated carbocycles. The zero-order chi connectivity index (χ0) is 24.9. The first-order valence-corrected chi connectivity index (χ1v) is 12.8. The second-order valence-electron chi connectivity index (χ2n) is 7.26. The van der Waals surface area contributed by atoms with E-state index in [1.807, 2.05) is 6.92 Å². The summed E-state index contributed by atoms with van der Waals surface area (Å²) in [7, 11) is -4.04. The van der Waals surface area contributed by atoms with Crippen molar-refractivity contribution in [3.8, 4) is 0 Å². The van der Waals surface area contributed by atoms with Gasteiger partial charge in [0.05, 0.1) is 27.8 Å². The summed E-state index contributed by atoms with van der Waals surface area (Å²) in [6, 6.07) is 17.3. The van der Waals surface area contributed by atoms with Crippen LogP contribution in [0.25, 0.3) is 0 Å². The van der Waals surface area contributed by atoms with Crippen LogP contribution in [0.1, 0.15) is 22.8 Å². The third-order valence-electron chi connectivity index (χ3n) is 4.76. The van der Waals surface area contributed by atoms with Gasteiger partial charge in [0.25, 0.3) is 10.0 Å². The van der Waals surface area contributed by atoms with Gasteiger partial charge in [-0.05, 0) is 68.4 Å². The van der Waals surface area contributed by atoms with Crippen LogP contribution in [-0.2, 0) is 19.6 Å². The van der Waals surface area contributed by atoms with Crippen molar-refractivity contribution in [2.45, 2.75) is 18.7 Å². The van der Waals surface area contributed by atoms with Crippen molar-refractivity contribution in [3.63, 3.8) is 0 Å². The average molecular weight is 566 g/mol. The largest absolute Gasteiger partial charge is 0.462 e. The van der Waals surface area contributed by atoms with E-state index in [9.17, 15) is 18.0 Å². The molecule has 3 aromatic carbocycles. The number of nitrogens with one attached hydrogen (secondary N) is 1. The highest BCUT2D eigenvalue weighted by Gasteiger charge is 2.27. The van der Waals surface area contributed by atoms with E-state index in [1.165, 1.54) is 30.3 Å². The molecule has 34 heavy (non-hydrogen) atoms. The molecule has 0 saturated heterocycles. The molecule has 0 radical (unpaired) electrons. The van der Waals surface area contributed by atoms with Gasteiger partial charge in [-0.1, -0.05) is 45.2 Å². The van der Waals surface area contributed by atoms with Crippen LogP contribution in [-0.4, -0.2) is 33.4 Å². The molecule has 1 N–H and O–H groups in total. The number of hydrogen-bond acceptors (Lipinski definition) is 5. The maximum Gasteiger partial charge on any atom is 0.339 e. The van der Waals surface area contributed by atoms with Crippen LogP contribution in [0.4, 0.5) is 11.4 Å². The van der Waals surface area contributed by atoms with Gasteiger partial charge >= 0.3 is 5.97 Å². The Morgan fingerprint density at radius 3 is 2.29 bits per heavy atom. The van der Waals surface area contributed by atoms with E-state index in [1.54, 1.807) is 43.3 Å². The minimum Gasteiger partial charge on any atom is -0.462 e. The molecule has 0 aliphatic carbocycles. The van der Waals surface area contributed by atoms with Gasteiger partial charge < -0.3 is 10.1 Å². The third-order valence-corrected chi connectivity index (χ3v) is 7.40. The highest BCUT2D eigenvalue weighted by Crippen LogP contribution is 2.26. The Morgan fingerprint density at radius 1 is 1.03 bits per heavy atom. The zero-order valence-corrected chi connectivity index (χ0v) is 21.6. The van der Waals surface area contributed by atoms with Crippen LogP contribution >= 0.6 is 27.5 Å². The lowest BCUT2D eigenvalue weighted by Crippen LogP contribution is -2.38. The van der Waals surface area contributed by atoms with Crippen molar-refractivity contribution < 1.29 is 22.7 Å². The SMILES string of the molecule is CCOC(=O)c1cc(NC(=O)CN(c2ccc(Br)cc2)S(=O)(=O)c2ccc(C)cc2)ccc1Cl. The summed E-state index contributed by atoms with van der Waals surface area (Å²) >= 11 is 9.41. The second-order valence-corrected chi connectivity index (χ2v) is 10.4. The quantitative estimate of drug-likeness (QED) is 0.368. The number of halogens is 2. The molecule has 0 aliphatic rings. The minimum atomic E-state index is -4.04. The standard InChI is InChI=1S/C24H22BrClN2O5S/c1-3-33-24(30)21-14-18(8-13-22(21)26)27-23(29)15-28(19-9-6-17(25)7-10-19)34(31,32)20-11-4-16(2)5-12-20/h4-14H,3,15H2,1-2H3,(H,27,29). The number of amides is 1. The Kier molecular flexibility index (Phi) is 8.35. The van der Waals surface area contributed by atoms with Gasteiger partial charge in [0.2, 0.25) is 5.91 Å². The highest BCUT2D eigenvalue weighted by atomic mass is 79.9. The van der Waals surface area contributed by atoms with Gasteiger partial charge in [0, 0.05) is 10.2 Å². The van der Waals surface area contributed by atoms with Crippen LogP contribution in [0, 0.1) is 6.92 Å². The molecule has 0 aromatic heterocycles. The van der Waals surface area contributed by atoms with Crippen LogP contribution in [0.5, 0.6) is 0 Å². The topological polar surface area (TPSA) is 92.8 Å². The predicted octanol–water partition coefficient (Wildman–Crippen LogP) is 5.42. The molecule has 0 unspecified atom stereocenters. The van der Waals surface area contributed by atoms with Crippen LogP contribution in [0.15, 0.2) is 76.1 Å². The lowest BCUT2D eigenvalue weighted by molar-refractivity contribution is -0.114. The van der Waals surface area contributed by atoms with E-state index >= 15 is 0 Å². The molecule has 7 nitrogen and oxygen atoms in total. The lowest BCUT2D eigenvalue weighted by Gasteiger charge is -2.24. The van der Waals surface area contributed by atoms with E-state index in [4.69, 9.17) is 16.3 Å². The van der Waals surface area contributed by atoms with Crippen LogP contribution in [0.3, 0.4) is 0 Å². The average Bonchev–Trinajstić information content (AvgIpc) is 2.80. The molecule has 0 atom stereocenters. The normalized spacial score (nSPS) is 11.1. The molecule has 10 heteroatoms. The molecule has 0 heterocycles. The maximum atomic E-state index is 13.4. The number of anilines is 2. The number of ether oxygens (including phenoxy) is 1. The van der Waals surface area contributed by atoms with E-state index in [-0.39, 0.29) is 27.8 Å². The highest BCUT2D eigenvalue weighted by molar-refractivity contribution is 9.10. The van der Waals surface area contributed by atoms with Gasteiger partial charge in [-0.2, -0.15) is 0 Å². The Bertz CT molecular complexity index is 1300. The maximum absolute atomic E-state index is 13.4. The van der Waals surface area contributed by atoms with Crippen LogP contribution < -0.4 is 9.62 Å². The Morgan fingerprint density at radius 2 is 1.68 bits per heavy atom. The third kappa shape index (κ3) is 6.16. The Labute approximate surface area is 211 Å². The van der Waals surface area contributed by atoms with Crippen molar-refractivity contribution in [3.05, 3.63) is 87.4 Å². The molecule has 3 aromatic rings. The molecular formula is C24H22BrClN2O5S. The summed E-state index contributed by atoms with van der Waals surface area (Å²) in [5.41, 5.74) is 1.61. The van der Waals surface area contributed by atoms with Gasteiger partial charge in [-0.15, -0.1) is 0 Å². The number of carbonyl (C=O) groups excluding carboxylic acids is 2. The molecule has 3 rings (SSSR count). The van der Waals surface area contributed by atoms with Crippen molar-refractivity contribution in [2.24, 2.45) is 0 Å². The van der Waals surface area contributed by atoms with Crippen LogP contribution in [0.2, 0.25) is 5.02 Å². The number of aryl methyl sites for hydroxylation is 1. The lowest BCUT2D eigenvalue weighted by atomic mass is 10.2. The fourth-order valence-corrected chi connectivity index (χ4v) is 4.94. The molecule has 1 amide bonds. The first kappa shape index (κ1) is 25.7. The number of benzene rings is 3. The first-order chi connectivity index (χ1) is 16.1. The zero-order valence-electron chi connectivity index (χ0n) is 18.4. The van der Waals surface area contributed by atoms with E-state index < -0.39 is 28.4 Å². The molecule has 0 spiro atoms. The summed E-state index contributed by atoms with van der Waals surface area (Å²) < 4.78 is 33.6. The summed E-state index contributed by atoms with van der Waals surface area (Å²) in [5.74, 6) is -1.22. The fraction of sp³-hybridized carbons (Fsp3) is 0.167. The van der Waals surface area contributed by atoms with Gasteiger partial charge in [0.15, 0.2) is 0 Å². The second kappa shape index (κ2) is 11.0. The summed E-state index contributed by atoms with van der Waals surface area (Å²) in [6.45, 7) is 3.20. The number of carbonyl (C=O) groups is 2. The number of esters is 1. The Hall–Kier alpha value is -2.88. The van der Waals surface area contributed by atoms with Crippen molar-refractivity contribution >= 4 is 60.8 Å². The number of rotatable bonds is 8. The predicted molar refractivity (Wildman–Crippen MR) is 136 cm³/mol. The van der Waals surface area contributed by atoms with Gasteiger partial charge in [-0.3, -0.25) is 9.10 Å². The first-order valence-electron chi connectivity index (χ1n) is 10.2. The van der Waals surface area contributed by atoms with Gasteiger partial charge in [0.1, 0.15) is 6.54 Å². The van der Waals surface area contributed by atoms with Crippen molar-refractivity contribution in [1.82, 2.24) is 0 Å². The monoisotopic (exact) mass is 564 g/mol. The number of nitrogens with zero attached hydrogens (tertiary/aromatic N) is 1. The Balaban J connectivity index is 1.90. The van der Waals surface area contributed by atoms with E-state index in [2.05, 4.69) is 21.2 Å². The van der Waals surface area contributed by atoms with Gasteiger partial charge in [-0.25, -0.2) is 13.2 Å².